The van der Waals surface area contributed by atoms with E-state index in [2.05, 4.69) is 5.10 Å². The lowest BCUT2D eigenvalue weighted by Gasteiger charge is -2.20. The van der Waals surface area contributed by atoms with E-state index >= 15 is 0 Å². The number of carbonyl (C=O) groups is 2. The molecule has 0 aromatic heterocycles. The van der Waals surface area contributed by atoms with Gasteiger partial charge in [0.15, 0.2) is 0 Å². The minimum absolute atomic E-state index is 0.0615. The highest BCUT2D eigenvalue weighted by molar-refractivity contribution is 7.90. The number of hydrazone groups is 1. The van der Waals surface area contributed by atoms with Crippen LogP contribution in [0.15, 0.2) is 5.10 Å². The Balaban J connectivity index is 2.66. The lowest BCUT2D eigenvalue weighted by molar-refractivity contribution is -0.130. The Morgan fingerprint density at radius 3 is 2.45 bits per heavy atom. The van der Waals surface area contributed by atoms with Crippen LogP contribution in [0.25, 0.3) is 0 Å². The van der Waals surface area contributed by atoms with E-state index in [1.807, 2.05) is 25.5 Å². The molecule has 0 atom stereocenters. The van der Waals surface area contributed by atoms with Crippen molar-refractivity contribution in [3.63, 3.8) is 0 Å². The van der Waals surface area contributed by atoms with Gasteiger partial charge < -0.3 is 0 Å². The van der Waals surface area contributed by atoms with Gasteiger partial charge in [-0.1, -0.05) is 20.8 Å². The highest BCUT2D eigenvalue weighted by atomic mass is 32.2. The zero-order chi connectivity index (χ0) is 15.6. The molecule has 0 unspecified atom stereocenters. The maximum Gasteiger partial charge on any atom is 0.280 e. The average molecular weight is 303 g/mol. The van der Waals surface area contributed by atoms with Gasteiger partial charge in [-0.15, -0.1) is 0 Å². The maximum absolute atomic E-state index is 11.8. The van der Waals surface area contributed by atoms with Crippen LogP contribution in [-0.2, 0) is 19.6 Å². The Labute approximate surface area is 119 Å². The molecule has 0 radical (unpaired) electrons. The second-order valence-electron chi connectivity index (χ2n) is 6.02. The molecule has 0 aromatic rings. The van der Waals surface area contributed by atoms with Gasteiger partial charge in [0.25, 0.3) is 5.91 Å². The fourth-order valence-corrected chi connectivity index (χ4v) is 2.91. The topological polar surface area (TPSA) is 95.9 Å². The molecule has 0 fully saturated rings. The normalized spacial score (nSPS) is 16.9. The van der Waals surface area contributed by atoms with Gasteiger partial charge >= 0.3 is 0 Å². The average Bonchev–Trinajstić information content (AvgIpc) is 2.29. The third kappa shape index (κ3) is 5.28. The summed E-state index contributed by atoms with van der Waals surface area (Å²) < 4.78 is 25.6. The number of rotatable bonds is 4. The summed E-state index contributed by atoms with van der Waals surface area (Å²) in [6.45, 7) is 5.78. The molecule has 1 rings (SSSR count). The molecule has 1 N–H and O–H groups in total. The smallest absolute Gasteiger partial charge is 0.273 e. The van der Waals surface area contributed by atoms with Crippen LogP contribution in [0, 0.1) is 5.41 Å². The summed E-state index contributed by atoms with van der Waals surface area (Å²) in [6.07, 6.45) is 0.759. The molecule has 7 nitrogen and oxygen atoms in total. The van der Waals surface area contributed by atoms with E-state index < -0.39 is 15.9 Å². The van der Waals surface area contributed by atoms with Gasteiger partial charge in [-0.25, -0.2) is 18.1 Å². The van der Waals surface area contributed by atoms with Crippen LogP contribution in [0.1, 0.15) is 40.0 Å². The summed E-state index contributed by atoms with van der Waals surface area (Å²) in [5, 5.41) is 4.84. The van der Waals surface area contributed by atoms with E-state index in [4.69, 9.17) is 0 Å². The van der Waals surface area contributed by atoms with Crippen LogP contribution in [0.3, 0.4) is 0 Å². The molecule has 8 heteroatoms. The van der Waals surface area contributed by atoms with E-state index in [0.29, 0.717) is 6.42 Å². The van der Waals surface area contributed by atoms with Crippen molar-refractivity contribution in [3.05, 3.63) is 0 Å². The molecule has 0 bridgehead atoms. The van der Waals surface area contributed by atoms with Gasteiger partial charge in [0.2, 0.25) is 15.9 Å². The number of nitrogens with zero attached hydrogens (tertiary/aromatic N) is 2. The fraction of sp³-hybridized carbons (Fsp3) is 0.750. The summed E-state index contributed by atoms with van der Waals surface area (Å²) in [7, 11) is -2.24. The molecular formula is C12H21N3O4S. The molecule has 0 saturated heterocycles. The van der Waals surface area contributed by atoms with Crippen LogP contribution in [-0.4, -0.2) is 43.8 Å². The third-order valence-corrected chi connectivity index (χ3v) is 4.08. The van der Waals surface area contributed by atoms with Crippen LogP contribution in [0.4, 0.5) is 0 Å². The maximum atomic E-state index is 11.8. The fourth-order valence-electron chi connectivity index (χ4n) is 1.52. The first-order valence-electron chi connectivity index (χ1n) is 6.39. The quantitative estimate of drug-likeness (QED) is 0.817. The minimum atomic E-state index is -3.68. The molecule has 0 aliphatic carbocycles. The third-order valence-electron chi connectivity index (χ3n) is 2.84. The van der Waals surface area contributed by atoms with Crippen molar-refractivity contribution in [1.29, 1.82) is 0 Å². The Morgan fingerprint density at radius 2 is 1.95 bits per heavy atom. The standard InChI is InChI=1S/C12H21N3O4S/c1-12(2,3)7-8-20(18,19)14-11(17)9-5-6-10(16)15(4)13-9/h5-8H2,1-4H3,(H,14,17). The number of sulfonamides is 1. The van der Waals surface area contributed by atoms with Crippen LogP contribution < -0.4 is 4.72 Å². The van der Waals surface area contributed by atoms with Gasteiger partial charge in [-0.3, -0.25) is 9.59 Å². The van der Waals surface area contributed by atoms with Crippen LogP contribution >= 0.6 is 0 Å². The lowest BCUT2D eigenvalue weighted by Crippen LogP contribution is -2.41. The highest BCUT2D eigenvalue weighted by Gasteiger charge is 2.25. The van der Waals surface area contributed by atoms with E-state index in [1.54, 1.807) is 0 Å². The van der Waals surface area contributed by atoms with E-state index in [1.165, 1.54) is 7.05 Å². The number of carbonyl (C=O) groups excluding carboxylic acids is 2. The van der Waals surface area contributed by atoms with E-state index in [-0.39, 0.29) is 35.6 Å². The van der Waals surface area contributed by atoms with Crippen molar-refractivity contribution in [3.8, 4) is 0 Å². The Bertz CT molecular complexity index is 531. The van der Waals surface area contributed by atoms with Gasteiger partial charge in [-0.05, 0) is 11.8 Å². The highest BCUT2D eigenvalue weighted by Crippen LogP contribution is 2.19. The number of amides is 2. The summed E-state index contributed by atoms with van der Waals surface area (Å²) >= 11 is 0. The molecule has 0 spiro atoms. The van der Waals surface area contributed by atoms with Gasteiger partial charge in [0.05, 0.1) is 5.75 Å². The van der Waals surface area contributed by atoms with Crippen molar-refractivity contribution in [2.45, 2.75) is 40.0 Å². The number of nitrogens with one attached hydrogen (secondary N) is 1. The molecule has 1 aliphatic heterocycles. The van der Waals surface area contributed by atoms with Crippen molar-refractivity contribution >= 4 is 27.5 Å². The summed E-state index contributed by atoms with van der Waals surface area (Å²) in [5.41, 5.74) is -0.0706. The second kappa shape index (κ2) is 5.90. The van der Waals surface area contributed by atoms with Gasteiger partial charge in [-0.2, -0.15) is 5.10 Å². The van der Waals surface area contributed by atoms with E-state index in [0.717, 1.165) is 5.01 Å². The molecule has 0 aromatic carbocycles. The predicted octanol–water partition coefficient (Wildman–Crippen LogP) is 0.477. The van der Waals surface area contributed by atoms with Crippen molar-refractivity contribution < 1.29 is 18.0 Å². The van der Waals surface area contributed by atoms with E-state index in [9.17, 15) is 18.0 Å². The zero-order valence-corrected chi connectivity index (χ0v) is 13.1. The largest absolute Gasteiger partial charge is 0.280 e. The molecule has 114 valence electrons. The number of hydrogen-bond acceptors (Lipinski definition) is 5. The Kier molecular flexibility index (Phi) is 4.90. The van der Waals surface area contributed by atoms with Crippen molar-refractivity contribution in [2.75, 3.05) is 12.8 Å². The first kappa shape index (κ1) is 16.6. The van der Waals surface area contributed by atoms with Crippen molar-refractivity contribution in [2.24, 2.45) is 10.5 Å². The van der Waals surface area contributed by atoms with Gasteiger partial charge in [0, 0.05) is 19.9 Å². The summed E-state index contributed by atoms with van der Waals surface area (Å²) in [5.74, 6) is -1.07. The summed E-state index contributed by atoms with van der Waals surface area (Å²) in [4.78, 5) is 23.1. The Morgan fingerprint density at radius 1 is 1.35 bits per heavy atom. The number of hydrogen-bond donors (Lipinski definition) is 1. The van der Waals surface area contributed by atoms with Crippen LogP contribution in [0.2, 0.25) is 0 Å². The first-order chi connectivity index (χ1) is 9.00. The molecular weight excluding hydrogens is 282 g/mol. The molecule has 1 heterocycles. The Hall–Kier alpha value is -1.44. The predicted molar refractivity (Wildman–Crippen MR) is 75.4 cm³/mol. The minimum Gasteiger partial charge on any atom is -0.273 e. The molecule has 20 heavy (non-hydrogen) atoms. The molecule has 0 saturated carbocycles. The lowest BCUT2D eigenvalue weighted by atomic mass is 9.94. The van der Waals surface area contributed by atoms with Gasteiger partial charge in [0.1, 0.15) is 5.71 Å². The molecule has 2 amide bonds. The SMILES string of the molecule is CN1N=C(C(=O)NS(=O)(=O)CCC(C)(C)C)CCC1=O. The monoisotopic (exact) mass is 303 g/mol. The van der Waals surface area contributed by atoms with Crippen LogP contribution in [0.5, 0.6) is 0 Å². The summed E-state index contributed by atoms with van der Waals surface area (Å²) in [6, 6.07) is 0. The van der Waals surface area contributed by atoms with Crippen molar-refractivity contribution in [1.82, 2.24) is 9.73 Å². The zero-order valence-electron chi connectivity index (χ0n) is 12.3. The second-order valence-corrected chi connectivity index (χ2v) is 7.87. The molecule has 1 aliphatic rings. The first-order valence-corrected chi connectivity index (χ1v) is 8.04.